The Hall–Kier alpha value is -2.80. The van der Waals surface area contributed by atoms with Crippen LogP contribution in [0.3, 0.4) is 0 Å². The molecule has 0 bridgehead atoms. The van der Waals surface area contributed by atoms with Gasteiger partial charge in [-0.15, -0.1) is 0 Å². The van der Waals surface area contributed by atoms with Crippen molar-refractivity contribution in [3.05, 3.63) is 60.3 Å². The number of hydrogen-bond acceptors (Lipinski definition) is 4. The lowest BCUT2D eigenvalue weighted by Crippen LogP contribution is -2.35. The molecule has 0 saturated carbocycles. The summed E-state index contributed by atoms with van der Waals surface area (Å²) in [6.45, 7) is 5.71. The molecule has 0 aliphatic heterocycles. The summed E-state index contributed by atoms with van der Waals surface area (Å²) >= 11 is 0. The van der Waals surface area contributed by atoms with Crippen LogP contribution in [0.5, 0.6) is 0 Å². The van der Waals surface area contributed by atoms with E-state index >= 15 is 0 Å². The van der Waals surface area contributed by atoms with E-state index in [1.165, 1.54) is 10.2 Å². The maximum absolute atomic E-state index is 13.1. The fourth-order valence-electron chi connectivity index (χ4n) is 3.15. The Labute approximate surface area is 164 Å². The van der Waals surface area contributed by atoms with E-state index in [2.05, 4.69) is 5.32 Å². The van der Waals surface area contributed by atoms with Crippen molar-refractivity contribution in [2.75, 3.05) is 5.32 Å². The molecule has 2 atom stereocenters. The van der Waals surface area contributed by atoms with Gasteiger partial charge in [-0.25, -0.2) is 17.2 Å². The van der Waals surface area contributed by atoms with Crippen molar-refractivity contribution >= 4 is 32.6 Å². The number of carbonyl (C=O) groups is 1. The molecule has 6 nitrogen and oxygen atoms in total. The molecule has 0 spiro atoms. The topological polar surface area (TPSA) is 88.4 Å². The van der Waals surface area contributed by atoms with E-state index in [1.54, 1.807) is 48.5 Å². The Morgan fingerprint density at radius 3 is 2.43 bits per heavy atom. The average Bonchev–Trinajstić information content (AvgIpc) is 3.11. The van der Waals surface area contributed by atoms with Gasteiger partial charge in [0.1, 0.15) is 6.04 Å². The Bertz CT molecular complexity index is 1100. The standard InChI is InChI=1S/C21H24N2O4S/c1-4-15(3)20(21(24)25)22-18-6-5-7-19-17(18)12-13-23(19)28(26,27)16-10-8-14(2)9-11-16/h5-13,15,20,22H,4H2,1-3H3,(H,24,25)/t15-,20-/m0/s1. The zero-order valence-electron chi connectivity index (χ0n) is 16.1. The highest BCUT2D eigenvalue weighted by atomic mass is 32.2. The van der Waals surface area contributed by atoms with Crippen LogP contribution < -0.4 is 5.32 Å². The summed E-state index contributed by atoms with van der Waals surface area (Å²) in [6, 6.07) is 12.8. The zero-order chi connectivity index (χ0) is 20.5. The molecule has 0 fully saturated rings. The summed E-state index contributed by atoms with van der Waals surface area (Å²) in [6.07, 6.45) is 2.22. The zero-order valence-corrected chi connectivity index (χ0v) is 16.9. The van der Waals surface area contributed by atoms with E-state index in [4.69, 9.17) is 0 Å². The minimum Gasteiger partial charge on any atom is -0.480 e. The predicted molar refractivity (Wildman–Crippen MR) is 110 cm³/mol. The van der Waals surface area contributed by atoms with E-state index in [0.29, 0.717) is 23.0 Å². The normalized spacial score (nSPS) is 14.0. The Balaban J connectivity index is 2.06. The van der Waals surface area contributed by atoms with E-state index in [1.807, 2.05) is 20.8 Å². The predicted octanol–water partition coefficient (Wildman–Crippen LogP) is 4.10. The fraction of sp³-hybridized carbons (Fsp3) is 0.286. The first kappa shape index (κ1) is 19.9. The molecule has 2 N–H and O–H groups in total. The number of aryl methyl sites for hydroxylation is 1. The number of nitrogens with zero attached hydrogens (tertiary/aromatic N) is 1. The number of anilines is 1. The fourth-order valence-corrected chi connectivity index (χ4v) is 4.50. The molecule has 28 heavy (non-hydrogen) atoms. The molecule has 2 aromatic carbocycles. The van der Waals surface area contributed by atoms with Crippen LogP contribution in [-0.4, -0.2) is 29.5 Å². The summed E-state index contributed by atoms with van der Waals surface area (Å²) in [5, 5.41) is 13.3. The number of hydrogen-bond donors (Lipinski definition) is 2. The molecule has 0 unspecified atom stereocenters. The number of benzene rings is 2. The minimum absolute atomic E-state index is 0.0777. The number of rotatable bonds is 7. The van der Waals surface area contributed by atoms with Gasteiger partial charge in [-0.2, -0.15) is 0 Å². The molecule has 1 heterocycles. The second kappa shape index (κ2) is 7.67. The molecular weight excluding hydrogens is 376 g/mol. The van der Waals surface area contributed by atoms with Gasteiger partial charge < -0.3 is 10.4 Å². The maximum atomic E-state index is 13.1. The SMILES string of the molecule is CC[C@H](C)[C@H](Nc1cccc2c1ccn2S(=O)(=O)c1ccc(C)cc1)C(=O)O. The smallest absolute Gasteiger partial charge is 0.326 e. The van der Waals surface area contributed by atoms with Gasteiger partial charge in [0.2, 0.25) is 0 Å². The quantitative estimate of drug-likeness (QED) is 0.623. The lowest BCUT2D eigenvalue weighted by Gasteiger charge is -2.21. The van der Waals surface area contributed by atoms with Gasteiger partial charge in [-0.1, -0.05) is 44.0 Å². The third-order valence-electron chi connectivity index (χ3n) is 5.06. The largest absolute Gasteiger partial charge is 0.480 e. The van der Waals surface area contributed by atoms with Crippen LogP contribution in [0, 0.1) is 12.8 Å². The van der Waals surface area contributed by atoms with Gasteiger partial charge in [0.15, 0.2) is 0 Å². The van der Waals surface area contributed by atoms with Crippen molar-refractivity contribution in [1.29, 1.82) is 0 Å². The minimum atomic E-state index is -3.75. The van der Waals surface area contributed by atoms with Crippen molar-refractivity contribution in [2.45, 2.75) is 38.1 Å². The van der Waals surface area contributed by atoms with Gasteiger partial charge in [0.05, 0.1) is 10.4 Å². The molecule has 0 amide bonds. The number of carboxylic acids is 1. The lowest BCUT2D eigenvalue weighted by atomic mass is 9.98. The monoisotopic (exact) mass is 400 g/mol. The van der Waals surface area contributed by atoms with E-state index in [0.717, 1.165) is 5.56 Å². The van der Waals surface area contributed by atoms with E-state index < -0.39 is 22.0 Å². The van der Waals surface area contributed by atoms with Gasteiger partial charge >= 0.3 is 5.97 Å². The summed E-state index contributed by atoms with van der Waals surface area (Å²) < 4.78 is 27.4. The molecule has 3 rings (SSSR count). The van der Waals surface area contributed by atoms with Crippen molar-refractivity contribution in [1.82, 2.24) is 3.97 Å². The Morgan fingerprint density at radius 1 is 1.14 bits per heavy atom. The van der Waals surface area contributed by atoms with Crippen molar-refractivity contribution in [3.63, 3.8) is 0 Å². The van der Waals surface area contributed by atoms with Crippen LogP contribution in [0.25, 0.3) is 10.9 Å². The molecular formula is C21H24N2O4S. The molecule has 0 saturated heterocycles. The summed E-state index contributed by atoms with van der Waals surface area (Å²) in [4.78, 5) is 11.9. The Kier molecular flexibility index (Phi) is 5.47. The number of nitrogens with one attached hydrogen (secondary N) is 1. The first-order valence-electron chi connectivity index (χ1n) is 9.17. The van der Waals surface area contributed by atoms with Crippen LogP contribution in [0.1, 0.15) is 25.8 Å². The lowest BCUT2D eigenvalue weighted by molar-refractivity contribution is -0.139. The molecule has 148 valence electrons. The number of aromatic nitrogens is 1. The van der Waals surface area contributed by atoms with Gasteiger partial charge in [0, 0.05) is 17.3 Å². The molecule has 3 aromatic rings. The average molecular weight is 401 g/mol. The Morgan fingerprint density at radius 2 is 1.82 bits per heavy atom. The molecule has 0 aliphatic carbocycles. The van der Waals surface area contributed by atoms with Crippen LogP contribution in [0.4, 0.5) is 5.69 Å². The number of carboxylic acid groups (broad SMARTS) is 1. The highest BCUT2D eigenvalue weighted by Gasteiger charge is 2.25. The third kappa shape index (κ3) is 3.62. The summed E-state index contributed by atoms with van der Waals surface area (Å²) in [7, 11) is -3.75. The highest BCUT2D eigenvalue weighted by molar-refractivity contribution is 7.90. The van der Waals surface area contributed by atoms with Crippen molar-refractivity contribution < 1.29 is 18.3 Å². The first-order valence-corrected chi connectivity index (χ1v) is 10.6. The first-order chi connectivity index (χ1) is 13.3. The summed E-state index contributed by atoms with van der Waals surface area (Å²) in [5.41, 5.74) is 2.08. The van der Waals surface area contributed by atoms with Crippen LogP contribution >= 0.6 is 0 Å². The van der Waals surface area contributed by atoms with Crippen LogP contribution in [0.2, 0.25) is 0 Å². The number of aliphatic carboxylic acids is 1. The second-order valence-electron chi connectivity index (χ2n) is 7.01. The van der Waals surface area contributed by atoms with Crippen LogP contribution in [0.15, 0.2) is 59.6 Å². The summed E-state index contributed by atoms with van der Waals surface area (Å²) in [5.74, 6) is -1.01. The van der Waals surface area contributed by atoms with Gasteiger partial charge in [-0.05, 0) is 43.2 Å². The van der Waals surface area contributed by atoms with Crippen molar-refractivity contribution in [3.8, 4) is 0 Å². The molecule has 0 radical (unpaired) electrons. The van der Waals surface area contributed by atoms with Gasteiger partial charge in [0.25, 0.3) is 10.0 Å². The second-order valence-corrected chi connectivity index (χ2v) is 8.83. The molecule has 0 aliphatic rings. The number of fused-ring (bicyclic) bond motifs is 1. The van der Waals surface area contributed by atoms with E-state index in [9.17, 15) is 18.3 Å². The highest BCUT2D eigenvalue weighted by Crippen LogP contribution is 2.29. The maximum Gasteiger partial charge on any atom is 0.326 e. The molecule has 7 heteroatoms. The van der Waals surface area contributed by atoms with Crippen LogP contribution in [-0.2, 0) is 14.8 Å². The third-order valence-corrected chi connectivity index (χ3v) is 6.77. The van der Waals surface area contributed by atoms with E-state index in [-0.39, 0.29) is 10.8 Å². The van der Waals surface area contributed by atoms with Gasteiger partial charge in [-0.3, -0.25) is 0 Å². The van der Waals surface area contributed by atoms with Crippen molar-refractivity contribution in [2.24, 2.45) is 5.92 Å². The molecule has 1 aromatic heterocycles.